The number of aliphatic hydroxyl groups is 2. The summed E-state index contributed by atoms with van der Waals surface area (Å²) in [5, 5.41) is 59.0. The summed E-state index contributed by atoms with van der Waals surface area (Å²) in [6, 6.07) is 35.5. The van der Waals surface area contributed by atoms with Crippen molar-refractivity contribution < 1.29 is 65.7 Å². The zero-order valence-electron chi connectivity index (χ0n) is 44.4. The molecule has 0 saturated heterocycles. The van der Waals surface area contributed by atoms with Gasteiger partial charge in [-0.2, -0.15) is 34.9 Å². The number of ketones is 2. The SMILES string of the molecule is C.CC(C)(C#N)C(O)(c1ccc(F)cc1)C1CC1.CC(C)(C#N)c1ccc(C(=O)C2CC2)cc1.CC(C)(C#N)c1ccc(C(O)(C2CC2)C(C)(C)C#N)cc1.C[CH-]I.I.O=C(c1ccc(F)cc1)C1CC1.[CH2-]C.[V].[V]. The molecule has 4 aromatic rings. The van der Waals surface area contributed by atoms with E-state index in [-0.39, 0.29) is 115 Å². The second kappa shape index (κ2) is 31.9. The van der Waals surface area contributed by atoms with E-state index in [2.05, 4.69) is 53.8 Å². The number of benzene rings is 4. The van der Waals surface area contributed by atoms with Crippen LogP contribution >= 0.6 is 46.6 Å². The van der Waals surface area contributed by atoms with E-state index < -0.39 is 32.9 Å². The normalized spacial score (nSPS) is 15.8. The van der Waals surface area contributed by atoms with Crippen LogP contribution in [-0.2, 0) is 59.1 Å². The molecule has 2 N–H and O–H groups in total. The van der Waals surface area contributed by atoms with Crippen molar-refractivity contribution in [2.75, 3.05) is 0 Å². The monoisotopic (exact) mass is 1320 g/mol. The molecule has 0 heterocycles. The van der Waals surface area contributed by atoms with Crippen LogP contribution in [-0.4, -0.2) is 21.8 Å². The molecule has 404 valence electrons. The maximum absolute atomic E-state index is 12.9. The third-order valence-electron chi connectivity index (χ3n) is 13.6. The topological polar surface area (TPSA) is 170 Å². The van der Waals surface area contributed by atoms with Gasteiger partial charge in [-0.15, -0.1) is 24.0 Å². The fourth-order valence-electron chi connectivity index (χ4n) is 8.19. The van der Waals surface area contributed by atoms with E-state index in [1.807, 2.05) is 87.6 Å². The van der Waals surface area contributed by atoms with Crippen molar-refractivity contribution in [1.29, 1.82) is 21.0 Å². The smallest absolute Gasteiger partial charge is 0.165 e. The van der Waals surface area contributed by atoms with Crippen molar-refractivity contribution >= 4 is 58.1 Å². The van der Waals surface area contributed by atoms with E-state index >= 15 is 0 Å². The second-order valence-corrected chi connectivity index (χ2v) is 21.9. The Morgan fingerprint density at radius 3 is 0.987 bits per heavy atom. The number of carbonyl (C=O) groups is 2. The Balaban J connectivity index is 0. The van der Waals surface area contributed by atoms with Gasteiger partial charge in [-0.1, -0.05) is 68.1 Å². The molecule has 0 bridgehead atoms. The molecule has 14 heteroatoms. The molecule has 2 atom stereocenters. The Kier molecular flexibility index (Phi) is 31.3. The van der Waals surface area contributed by atoms with Gasteiger partial charge < -0.3 is 39.7 Å². The number of rotatable bonds is 12. The van der Waals surface area contributed by atoms with Gasteiger partial charge in [-0.3, -0.25) is 14.0 Å². The average Bonchev–Trinajstić information content (AvgIpc) is 4.16. The number of nitrogens with zero attached hydrogens (tertiary/aromatic N) is 4. The van der Waals surface area contributed by atoms with Crippen LogP contribution < -0.4 is 0 Å². The van der Waals surface area contributed by atoms with Gasteiger partial charge in [-0.25, -0.2) is 8.78 Å². The molecule has 0 spiro atoms. The molecule has 4 aliphatic carbocycles. The first-order valence-electron chi connectivity index (χ1n) is 24.3. The summed E-state index contributed by atoms with van der Waals surface area (Å²) < 4.78 is 27.3. The molecule has 2 radical (unpaired) electrons. The van der Waals surface area contributed by atoms with Crippen LogP contribution in [0.25, 0.3) is 0 Å². The minimum atomic E-state index is -1.19. The van der Waals surface area contributed by atoms with Crippen LogP contribution in [0.2, 0.25) is 0 Å². The van der Waals surface area contributed by atoms with Gasteiger partial charge in [0.1, 0.15) is 22.8 Å². The van der Waals surface area contributed by atoms with Crippen molar-refractivity contribution in [3.8, 4) is 24.3 Å². The number of hydrogen-bond acceptors (Lipinski definition) is 8. The first kappa shape index (κ1) is 73.7. The second-order valence-electron chi connectivity index (χ2n) is 20.7. The molecule has 8 nitrogen and oxygen atoms in total. The standard InChI is InChI=1S/C18H22N2O.C14H16FNO.C14H15NO.C10H9FO.C2H4I.C2H5.CH4.HI.2V/c1-16(2,11-19)13-5-7-14(8-6-13)18(21,15-9-10-15)17(3,4)12-20;1-13(2,9-16)14(17,10-3-4-10)11-5-7-12(15)8-6-11;1-14(2,9-15)12-7-5-11(6-8-12)13(16)10-3-4-10;11-9-5-3-8(4-6-9)10(12)7-1-2-7;1-2-3;1-2;;;;/h5-8,15,21H,9-10H2,1-4H3;5-8,10,17H,3-4H2,1-2H3;5-8,10H,3-4H2,1-2H3;3-7H,1-2H2;2H,1H3;1H2,2H3;1H4;1H;;/q;;;;2*-1;;;;. The van der Waals surface area contributed by atoms with Crippen LogP contribution in [0.1, 0.15) is 171 Å². The molecule has 0 aliphatic heterocycles. The molecule has 75 heavy (non-hydrogen) atoms. The number of nitriles is 4. The largest absolute Gasteiger partial charge is 0.383 e. The van der Waals surface area contributed by atoms with Crippen LogP contribution in [0.5, 0.6) is 0 Å². The van der Waals surface area contributed by atoms with Crippen LogP contribution in [0, 0.1) is 103 Å². The van der Waals surface area contributed by atoms with E-state index in [1.165, 1.54) is 24.3 Å². The zero-order chi connectivity index (χ0) is 53.6. The third-order valence-corrected chi connectivity index (χ3v) is 13.6. The van der Waals surface area contributed by atoms with Gasteiger partial charge >= 0.3 is 0 Å². The Morgan fingerprint density at radius 2 is 0.747 bits per heavy atom. The molecular weight excluding hydrogens is 1250 g/mol. The minimum absolute atomic E-state index is 0. The van der Waals surface area contributed by atoms with Gasteiger partial charge in [0, 0.05) is 60.1 Å². The Labute approximate surface area is 502 Å². The summed E-state index contributed by atoms with van der Waals surface area (Å²) in [6.07, 6.45) is 7.79. The number of hydrogen-bond donors (Lipinski definition) is 2. The Morgan fingerprint density at radius 1 is 0.520 bits per heavy atom. The number of carbonyl (C=O) groups excluding carboxylic acids is 2. The van der Waals surface area contributed by atoms with Crippen LogP contribution in [0.3, 0.4) is 0 Å². The maximum atomic E-state index is 12.9. The van der Waals surface area contributed by atoms with E-state index in [0.717, 1.165) is 73.6 Å². The Bertz CT molecular complexity index is 2570. The molecule has 8 rings (SSSR count). The third kappa shape index (κ3) is 19.5. The van der Waals surface area contributed by atoms with E-state index in [0.29, 0.717) is 11.1 Å². The summed E-state index contributed by atoms with van der Waals surface area (Å²) in [4.78, 5) is 23.2. The fraction of sp³-hybridized carbons (Fsp3) is 0.475. The molecule has 4 aliphatic rings. The quantitative estimate of drug-likeness (QED) is 0.0802. The summed E-state index contributed by atoms with van der Waals surface area (Å²) in [5.74, 6) is 0.509. The zero-order valence-corrected chi connectivity index (χ0v) is 51.7. The van der Waals surface area contributed by atoms with Gasteiger partial charge in [0.25, 0.3) is 0 Å². The maximum Gasteiger partial charge on any atom is 0.165 e. The summed E-state index contributed by atoms with van der Waals surface area (Å²) in [5.41, 5.74) is -0.383. The van der Waals surface area contributed by atoms with Gasteiger partial charge in [-0.05, 0) is 177 Å². The molecule has 2 unspecified atom stereocenters. The van der Waals surface area contributed by atoms with Crippen molar-refractivity contribution in [3.05, 3.63) is 153 Å². The van der Waals surface area contributed by atoms with E-state index in [1.54, 1.807) is 58.9 Å². The van der Waals surface area contributed by atoms with Crippen LogP contribution in [0.15, 0.2) is 97.1 Å². The first-order valence-corrected chi connectivity index (χ1v) is 25.6. The van der Waals surface area contributed by atoms with E-state index in [4.69, 9.17) is 5.26 Å². The molecule has 4 aromatic carbocycles. The van der Waals surface area contributed by atoms with Crippen molar-refractivity contribution in [2.24, 2.45) is 34.5 Å². The summed E-state index contributed by atoms with van der Waals surface area (Å²) >= 11 is 2.16. The first-order chi connectivity index (χ1) is 33.3. The van der Waals surface area contributed by atoms with Crippen molar-refractivity contribution in [2.45, 2.75) is 150 Å². The summed E-state index contributed by atoms with van der Waals surface area (Å²) in [6.45, 7) is 21.5. The molecule has 0 amide bonds. The molecule has 0 aromatic heterocycles. The number of Topliss-reactive ketones (excluding diaryl/α,β-unsaturated/α-hetero) is 2. The van der Waals surface area contributed by atoms with Gasteiger partial charge in [0.2, 0.25) is 0 Å². The Hall–Kier alpha value is -3.41. The van der Waals surface area contributed by atoms with Gasteiger partial charge in [0.15, 0.2) is 11.6 Å². The minimum Gasteiger partial charge on any atom is -0.383 e. The fourth-order valence-corrected chi connectivity index (χ4v) is 8.19. The average molecular weight is 1320 g/mol. The predicted octanol–water partition coefficient (Wildman–Crippen LogP) is 15.8. The van der Waals surface area contributed by atoms with Crippen LogP contribution in [0.4, 0.5) is 8.78 Å². The summed E-state index contributed by atoms with van der Waals surface area (Å²) in [7, 11) is 0. The molecule has 4 fully saturated rings. The van der Waals surface area contributed by atoms with Gasteiger partial charge in [0.05, 0.1) is 45.9 Å². The van der Waals surface area contributed by atoms with Crippen molar-refractivity contribution in [3.63, 3.8) is 0 Å². The molecule has 4 saturated carbocycles. The van der Waals surface area contributed by atoms with E-state index in [9.17, 15) is 44.4 Å². The number of halogens is 4. The molecular formula is C61H76F2I2N4O4V2-2. The predicted molar refractivity (Wildman–Crippen MR) is 306 cm³/mol. The van der Waals surface area contributed by atoms with Crippen molar-refractivity contribution in [1.82, 2.24) is 0 Å².